The van der Waals surface area contributed by atoms with Gasteiger partial charge < -0.3 is 14.5 Å². The van der Waals surface area contributed by atoms with Gasteiger partial charge in [0.1, 0.15) is 0 Å². The molecule has 1 aliphatic carbocycles. The zero-order valence-corrected chi connectivity index (χ0v) is 21.2. The van der Waals surface area contributed by atoms with Crippen molar-refractivity contribution in [3.8, 4) is 0 Å². The number of ether oxygens (including phenoxy) is 1. The van der Waals surface area contributed by atoms with Crippen LogP contribution < -0.4 is 5.32 Å². The van der Waals surface area contributed by atoms with Gasteiger partial charge in [0.05, 0.1) is 13.2 Å². The van der Waals surface area contributed by atoms with Crippen molar-refractivity contribution in [3.05, 3.63) is 65.2 Å². The molecule has 35 heavy (non-hydrogen) atoms. The van der Waals surface area contributed by atoms with E-state index in [9.17, 15) is 9.59 Å². The van der Waals surface area contributed by atoms with Gasteiger partial charge in [-0.25, -0.2) is 4.79 Å². The number of piperazine rings is 1. The molecule has 1 saturated carbocycles. The number of carbonyl (C=O) groups excluding carboxylic acids is 2. The van der Waals surface area contributed by atoms with E-state index in [0.29, 0.717) is 24.3 Å². The Morgan fingerprint density at radius 3 is 2.29 bits per heavy atom. The first-order valence-electron chi connectivity index (χ1n) is 12.8. The van der Waals surface area contributed by atoms with Gasteiger partial charge in [0, 0.05) is 57.1 Å². The number of hydrogen-bond acceptors (Lipinski definition) is 5. The van der Waals surface area contributed by atoms with E-state index in [-0.39, 0.29) is 11.9 Å². The molecule has 2 amide bonds. The summed E-state index contributed by atoms with van der Waals surface area (Å²) < 4.78 is 4.78. The summed E-state index contributed by atoms with van der Waals surface area (Å²) in [5.74, 6) is 0.963. The second kappa shape index (κ2) is 11.7. The Morgan fingerprint density at radius 1 is 1.00 bits per heavy atom. The van der Waals surface area contributed by atoms with Crippen LogP contribution in [0.4, 0.5) is 10.5 Å². The van der Waals surface area contributed by atoms with Gasteiger partial charge in [0.15, 0.2) is 0 Å². The molecule has 0 radical (unpaired) electrons. The maximum Gasteiger partial charge on any atom is 0.411 e. The molecule has 7 nitrogen and oxygen atoms in total. The number of anilines is 1. The summed E-state index contributed by atoms with van der Waals surface area (Å²) in [6.07, 6.45) is 2.27. The van der Waals surface area contributed by atoms with Crippen molar-refractivity contribution in [1.29, 1.82) is 0 Å². The summed E-state index contributed by atoms with van der Waals surface area (Å²) in [5, 5.41) is 2.79. The van der Waals surface area contributed by atoms with Crippen molar-refractivity contribution >= 4 is 17.7 Å². The first-order valence-corrected chi connectivity index (χ1v) is 12.8. The molecule has 188 valence electrons. The summed E-state index contributed by atoms with van der Waals surface area (Å²) in [6, 6.07) is 16.1. The van der Waals surface area contributed by atoms with Gasteiger partial charge in [-0.1, -0.05) is 24.3 Å². The molecule has 2 aromatic rings. The second-order valence-electron chi connectivity index (χ2n) is 9.52. The third-order valence-corrected chi connectivity index (χ3v) is 7.14. The lowest BCUT2D eigenvalue weighted by Gasteiger charge is -2.40. The molecule has 1 saturated heterocycles. The van der Waals surface area contributed by atoms with Crippen LogP contribution >= 0.6 is 0 Å². The Kier molecular flexibility index (Phi) is 8.42. The Labute approximate surface area is 209 Å². The molecular formula is C28H38N4O3. The fourth-order valence-corrected chi connectivity index (χ4v) is 4.94. The van der Waals surface area contributed by atoms with Gasteiger partial charge in [0.25, 0.3) is 5.91 Å². The molecule has 1 atom stereocenters. The molecule has 7 heteroatoms. The standard InChI is InChI=1S/C28H38N4O3/c1-4-31(5-2)27(33)23-13-11-22(12-14-23)26(24-7-6-8-25(19-24)29-28(34)35-3)32-17-15-30(16-18-32)20-21-9-10-21/h6-8,11-14,19,21,26H,4-5,9-10,15-18,20H2,1-3H3,(H,29,34)/t26-/m1/s1. The van der Waals surface area contributed by atoms with Gasteiger partial charge in [0.2, 0.25) is 0 Å². The molecule has 2 fully saturated rings. The molecule has 0 aromatic heterocycles. The van der Waals surface area contributed by atoms with Gasteiger partial charge in [-0.3, -0.25) is 15.0 Å². The summed E-state index contributed by atoms with van der Waals surface area (Å²) in [6.45, 7) is 10.7. The molecule has 4 rings (SSSR count). The number of methoxy groups -OCH3 is 1. The van der Waals surface area contributed by atoms with Crippen LogP contribution in [0.1, 0.15) is 54.2 Å². The van der Waals surface area contributed by atoms with Crippen LogP contribution in [-0.2, 0) is 4.74 Å². The third kappa shape index (κ3) is 6.41. The molecular weight excluding hydrogens is 440 g/mol. The number of hydrogen-bond donors (Lipinski definition) is 1. The maximum absolute atomic E-state index is 12.8. The van der Waals surface area contributed by atoms with Gasteiger partial charge in [-0.2, -0.15) is 0 Å². The monoisotopic (exact) mass is 478 g/mol. The van der Waals surface area contributed by atoms with Crippen LogP contribution in [-0.4, -0.2) is 79.6 Å². The SMILES string of the molecule is CCN(CC)C(=O)c1ccc([C@H](c2cccc(NC(=O)OC)c2)N2CCN(CC3CC3)CC2)cc1. The van der Waals surface area contributed by atoms with Crippen molar-refractivity contribution in [1.82, 2.24) is 14.7 Å². The quantitative estimate of drug-likeness (QED) is 0.576. The van der Waals surface area contributed by atoms with E-state index in [1.807, 2.05) is 49.1 Å². The molecule has 0 spiro atoms. The van der Waals surface area contributed by atoms with Crippen molar-refractivity contribution in [2.45, 2.75) is 32.7 Å². The van der Waals surface area contributed by atoms with Crippen molar-refractivity contribution < 1.29 is 14.3 Å². The van der Waals surface area contributed by atoms with Crippen LogP contribution in [0.15, 0.2) is 48.5 Å². The molecule has 0 bridgehead atoms. The highest BCUT2D eigenvalue weighted by atomic mass is 16.5. The van der Waals surface area contributed by atoms with Crippen molar-refractivity contribution in [2.24, 2.45) is 5.92 Å². The predicted molar refractivity (Wildman–Crippen MR) is 139 cm³/mol. The van der Waals surface area contributed by atoms with Crippen LogP contribution in [0.5, 0.6) is 0 Å². The second-order valence-corrected chi connectivity index (χ2v) is 9.52. The van der Waals surface area contributed by atoms with E-state index in [4.69, 9.17) is 4.74 Å². The Balaban J connectivity index is 1.59. The van der Waals surface area contributed by atoms with Crippen molar-refractivity contribution in [3.63, 3.8) is 0 Å². The molecule has 0 unspecified atom stereocenters. The fourth-order valence-electron chi connectivity index (χ4n) is 4.94. The van der Waals surface area contributed by atoms with Gasteiger partial charge in [-0.05, 0) is 68.0 Å². The molecule has 2 aliphatic rings. The molecule has 1 aliphatic heterocycles. The smallest absolute Gasteiger partial charge is 0.411 e. The maximum atomic E-state index is 12.8. The minimum atomic E-state index is -0.480. The number of nitrogens with one attached hydrogen (secondary N) is 1. The number of nitrogens with zero attached hydrogens (tertiary/aromatic N) is 3. The highest BCUT2D eigenvalue weighted by Crippen LogP contribution is 2.33. The lowest BCUT2D eigenvalue weighted by Crippen LogP contribution is -2.48. The van der Waals surface area contributed by atoms with E-state index in [1.165, 1.54) is 26.5 Å². The fraction of sp³-hybridized carbons (Fsp3) is 0.500. The van der Waals surface area contributed by atoms with Crippen LogP contribution in [0.2, 0.25) is 0 Å². The number of rotatable bonds is 9. The summed E-state index contributed by atoms with van der Waals surface area (Å²) in [5.41, 5.74) is 3.68. The van der Waals surface area contributed by atoms with E-state index >= 15 is 0 Å². The van der Waals surface area contributed by atoms with E-state index in [0.717, 1.165) is 43.2 Å². The summed E-state index contributed by atoms with van der Waals surface area (Å²) in [7, 11) is 1.37. The summed E-state index contributed by atoms with van der Waals surface area (Å²) >= 11 is 0. The highest BCUT2D eigenvalue weighted by molar-refractivity contribution is 5.94. The predicted octanol–water partition coefficient (Wildman–Crippen LogP) is 4.46. The molecule has 2 aromatic carbocycles. The largest absolute Gasteiger partial charge is 0.453 e. The average Bonchev–Trinajstić information content (AvgIpc) is 3.70. The van der Waals surface area contributed by atoms with Crippen LogP contribution in [0.3, 0.4) is 0 Å². The van der Waals surface area contributed by atoms with E-state index in [2.05, 4.69) is 33.3 Å². The third-order valence-electron chi connectivity index (χ3n) is 7.14. The number of carbonyl (C=O) groups is 2. The zero-order valence-electron chi connectivity index (χ0n) is 21.2. The van der Waals surface area contributed by atoms with Crippen molar-refractivity contribution in [2.75, 3.05) is 58.2 Å². The number of benzene rings is 2. The van der Waals surface area contributed by atoms with E-state index in [1.54, 1.807) is 0 Å². The molecule has 1 N–H and O–H groups in total. The first-order chi connectivity index (χ1) is 17.0. The van der Waals surface area contributed by atoms with E-state index < -0.39 is 6.09 Å². The Morgan fingerprint density at radius 2 is 1.69 bits per heavy atom. The first kappa shape index (κ1) is 25.2. The number of amides is 2. The Bertz CT molecular complexity index is 994. The lowest BCUT2D eigenvalue weighted by molar-refractivity contribution is 0.0773. The van der Waals surface area contributed by atoms with Gasteiger partial charge >= 0.3 is 6.09 Å². The topological polar surface area (TPSA) is 65.1 Å². The highest BCUT2D eigenvalue weighted by Gasteiger charge is 2.30. The average molecular weight is 479 g/mol. The Hall–Kier alpha value is -2.90. The minimum Gasteiger partial charge on any atom is -0.453 e. The molecule has 1 heterocycles. The van der Waals surface area contributed by atoms with Crippen LogP contribution in [0, 0.1) is 5.92 Å². The lowest BCUT2D eigenvalue weighted by atomic mass is 9.94. The summed E-state index contributed by atoms with van der Waals surface area (Å²) in [4.78, 5) is 31.6. The zero-order chi connectivity index (χ0) is 24.8. The van der Waals surface area contributed by atoms with Gasteiger partial charge in [-0.15, -0.1) is 0 Å². The van der Waals surface area contributed by atoms with Crippen LogP contribution in [0.25, 0.3) is 0 Å². The normalized spacial score (nSPS) is 17.6. The minimum absolute atomic E-state index is 0.0371.